The maximum Gasteiger partial charge on any atom is 0.137 e. The number of hydrogen-bond donors (Lipinski definition) is 0. The molecule has 9 aromatic heterocycles. The van der Waals surface area contributed by atoms with E-state index in [9.17, 15) is 0 Å². The minimum Gasteiger partial charge on any atom is -0.304 e. The van der Waals surface area contributed by atoms with Gasteiger partial charge in [-0.05, 0) is 216 Å². The van der Waals surface area contributed by atoms with Crippen LogP contribution >= 0.6 is 0 Å². The predicted octanol–water partition coefficient (Wildman–Crippen LogP) is 30.0. The predicted molar refractivity (Wildman–Crippen MR) is 523 cm³/mol. The molecule has 9 nitrogen and oxygen atoms in total. The zero-order valence-electron chi connectivity index (χ0n) is 69.6. The summed E-state index contributed by atoms with van der Waals surface area (Å²) in [5.41, 5.74) is 31.9. The largest absolute Gasteiger partial charge is 0.304 e. The molecule has 0 radical (unpaired) electrons. The van der Waals surface area contributed by atoms with Crippen molar-refractivity contribution in [3.05, 3.63) is 454 Å². The van der Waals surface area contributed by atoms with Crippen LogP contribution in [0.25, 0.3) is 216 Å². The molecule has 0 bridgehead atoms. The van der Waals surface area contributed by atoms with E-state index < -0.39 is 0 Å². The Bertz CT molecular complexity index is 8000. The number of hydrogen-bond acceptors (Lipinski definition) is 6. The summed E-state index contributed by atoms with van der Waals surface area (Å²) in [6.07, 6.45) is 6.19. The van der Waals surface area contributed by atoms with Crippen molar-refractivity contribution in [2.75, 3.05) is 0 Å². The summed E-state index contributed by atoms with van der Waals surface area (Å²) >= 11 is 0. The number of imidazole rings is 3. The second-order valence-corrected chi connectivity index (χ2v) is 32.3. The molecule has 594 valence electrons. The smallest absolute Gasteiger partial charge is 0.137 e. The Morgan fingerprint density at radius 1 is 0.159 bits per heavy atom. The molecule has 0 atom stereocenters. The van der Waals surface area contributed by atoms with E-state index in [1.807, 2.05) is 60.7 Å². The van der Waals surface area contributed by atoms with E-state index in [2.05, 4.69) is 410 Å². The minimum absolute atomic E-state index is 0.935. The van der Waals surface area contributed by atoms with Crippen LogP contribution in [-0.2, 0) is 0 Å². The van der Waals surface area contributed by atoms with Gasteiger partial charge >= 0.3 is 0 Å². The summed E-state index contributed by atoms with van der Waals surface area (Å²) < 4.78 is 6.40. The summed E-state index contributed by atoms with van der Waals surface area (Å²) in [6.45, 7) is 6.36. The topological polar surface area (TPSA) is 90.6 Å². The first-order valence-corrected chi connectivity index (χ1v) is 42.8. The van der Waals surface area contributed by atoms with Crippen LogP contribution in [0.3, 0.4) is 0 Å². The molecule has 0 spiro atoms. The summed E-state index contributed by atoms with van der Waals surface area (Å²) in [5.74, 6) is 0. The van der Waals surface area contributed by atoms with Crippen LogP contribution in [-0.4, -0.2) is 43.1 Å². The van der Waals surface area contributed by atoms with E-state index in [-0.39, 0.29) is 0 Å². The van der Waals surface area contributed by atoms with E-state index >= 15 is 0 Å². The number of nitrogens with zero attached hydrogens (tertiary/aromatic N) is 9. The lowest BCUT2D eigenvalue weighted by Crippen LogP contribution is -1.94. The number of fused-ring (bicyclic) bond motifs is 11. The van der Waals surface area contributed by atoms with Crippen molar-refractivity contribution in [2.24, 2.45) is 0 Å². The molecule has 0 fully saturated rings. The highest BCUT2D eigenvalue weighted by atomic mass is 15.0. The van der Waals surface area contributed by atoms with Crippen molar-refractivity contribution in [1.29, 1.82) is 0 Å². The molecule has 0 aliphatic heterocycles. The zero-order chi connectivity index (χ0) is 84.1. The monoisotopic (exact) mass is 1610 g/mol. The van der Waals surface area contributed by atoms with Crippen LogP contribution in [0.15, 0.2) is 437 Å². The third-order valence-corrected chi connectivity index (χ3v) is 24.6. The van der Waals surface area contributed by atoms with Gasteiger partial charge in [0, 0.05) is 85.7 Å². The van der Waals surface area contributed by atoms with Gasteiger partial charge in [0.1, 0.15) is 16.9 Å². The molecule has 24 rings (SSSR count). The third kappa shape index (κ3) is 14.4. The van der Waals surface area contributed by atoms with Crippen molar-refractivity contribution < 1.29 is 0 Å². The van der Waals surface area contributed by atoms with Gasteiger partial charge in [0.15, 0.2) is 0 Å². The maximum atomic E-state index is 5.43. The SMILES string of the molecule is Cc1c(-c2ccc(-c3cc(-c4cc5ccccc5c5ccccc45)cc(-c4cc5ccccc5c5ccccc45)n3)cc2)nc2ccccn12.Cc1c(-c2ccc(-c3cc(-c4ccc5ccccc5c4)cc(-c4ccc5ccccc5c4)n3)cc2)nc2ccccn12.Cc1c(-c2ccc(-c3cc(-c4ccccc4)cc(-c4ccccc4)n3)cc2)nc2ccccn12. The fourth-order valence-corrected chi connectivity index (χ4v) is 18.0. The Labute approximate surface area is 729 Å². The van der Waals surface area contributed by atoms with Gasteiger partial charge in [-0.25, -0.2) is 29.9 Å². The fourth-order valence-electron chi connectivity index (χ4n) is 18.0. The Balaban J connectivity index is 0.000000114. The number of rotatable bonds is 12. The maximum absolute atomic E-state index is 5.43. The molecule has 0 aliphatic carbocycles. The first-order valence-electron chi connectivity index (χ1n) is 42.8. The third-order valence-electron chi connectivity index (χ3n) is 24.6. The van der Waals surface area contributed by atoms with Crippen molar-refractivity contribution in [1.82, 2.24) is 43.1 Å². The second kappa shape index (κ2) is 32.4. The molecule has 0 unspecified atom stereocenters. The van der Waals surface area contributed by atoms with Crippen LogP contribution in [0, 0.1) is 20.8 Å². The van der Waals surface area contributed by atoms with Crippen molar-refractivity contribution >= 4 is 81.6 Å². The number of aromatic nitrogens is 9. The molecule has 0 aliphatic rings. The molecule has 0 saturated heterocycles. The summed E-state index contributed by atoms with van der Waals surface area (Å²) in [6, 6.07) is 148. The lowest BCUT2D eigenvalue weighted by molar-refractivity contribution is 1.11. The Kier molecular flexibility index (Phi) is 19.4. The van der Waals surface area contributed by atoms with Gasteiger partial charge in [-0.15, -0.1) is 0 Å². The van der Waals surface area contributed by atoms with Crippen molar-refractivity contribution in [3.8, 4) is 135 Å². The highest BCUT2D eigenvalue weighted by Crippen LogP contribution is 2.43. The van der Waals surface area contributed by atoms with Crippen LogP contribution in [0.1, 0.15) is 17.1 Å². The van der Waals surface area contributed by atoms with Crippen molar-refractivity contribution in [3.63, 3.8) is 0 Å². The molecule has 24 aromatic rings. The first-order chi connectivity index (χ1) is 62.1. The average molecular weight is 1610 g/mol. The number of aryl methyl sites for hydroxylation is 3. The average Bonchev–Trinajstić information content (AvgIpc) is 0.957. The highest BCUT2D eigenvalue weighted by molar-refractivity contribution is 6.16. The van der Waals surface area contributed by atoms with Gasteiger partial charge in [-0.3, -0.25) is 0 Å². The Hall–Kier alpha value is -16.6. The van der Waals surface area contributed by atoms with Gasteiger partial charge in [0.05, 0.1) is 51.2 Å². The Morgan fingerprint density at radius 3 is 0.881 bits per heavy atom. The Morgan fingerprint density at radius 2 is 0.444 bits per heavy atom. The van der Waals surface area contributed by atoms with E-state index in [0.29, 0.717) is 0 Å². The van der Waals surface area contributed by atoms with E-state index in [1.54, 1.807) is 0 Å². The summed E-state index contributed by atoms with van der Waals surface area (Å²) in [4.78, 5) is 30.3. The normalized spacial score (nSPS) is 11.5. The first kappa shape index (κ1) is 75.6. The van der Waals surface area contributed by atoms with E-state index in [4.69, 9.17) is 29.9 Å². The van der Waals surface area contributed by atoms with Gasteiger partial charge in [-0.1, -0.05) is 322 Å². The fraction of sp³-hybridized carbons (Fsp3) is 0.0256. The highest BCUT2D eigenvalue weighted by Gasteiger charge is 2.21. The minimum atomic E-state index is 0.935. The lowest BCUT2D eigenvalue weighted by atomic mass is 9.90. The summed E-state index contributed by atoms with van der Waals surface area (Å²) in [7, 11) is 0. The van der Waals surface area contributed by atoms with Gasteiger partial charge in [0.25, 0.3) is 0 Å². The number of benzene rings is 15. The van der Waals surface area contributed by atoms with E-state index in [1.165, 1.54) is 81.3 Å². The van der Waals surface area contributed by atoms with Crippen LogP contribution in [0.2, 0.25) is 0 Å². The standard InChI is InChI=1S/C47H31N3.C39H27N3.C31H23N3/c1-30-47(49-46-20-10-11-25-50(30)46)32-23-21-31(22-24-32)44-28-35(42-26-33-12-2-4-14-36(33)38-16-6-8-18-40(38)42)29-45(48-44)43-27-34-13-3-5-15-37(34)39-17-7-9-19-41(39)43;1-26-39(41-38-12-6-7-21-42(26)38)30-17-15-29(16-18-30)36-24-35(33-19-13-27-8-2-4-10-31(27)22-33)25-37(40-36)34-20-14-28-9-3-5-11-32(28)23-34;1-22-31(33-30-14-8-9-19-34(22)30)26-17-15-25(16-18-26)29-21-27(23-10-4-2-5-11-23)20-28(32-29)24-12-6-3-7-13-24/h2-29H,1H3;2-25H,1H3;2-21H,1H3. The molecule has 126 heavy (non-hydrogen) atoms. The second-order valence-electron chi connectivity index (χ2n) is 32.3. The molecule has 9 heteroatoms. The molecule has 0 N–H and O–H groups in total. The molecule has 15 aromatic carbocycles. The van der Waals surface area contributed by atoms with Gasteiger partial charge in [-0.2, -0.15) is 0 Å². The lowest BCUT2D eigenvalue weighted by Gasteiger charge is -2.16. The number of pyridine rings is 6. The van der Waals surface area contributed by atoms with Gasteiger partial charge in [0.2, 0.25) is 0 Å². The van der Waals surface area contributed by atoms with Gasteiger partial charge < -0.3 is 13.2 Å². The molecule has 9 heterocycles. The van der Waals surface area contributed by atoms with Crippen LogP contribution in [0.4, 0.5) is 0 Å². The van der Waals surface area contributed by atoms with Crippen LogP contribution < -0.4 is 0 Å². The molecular weight excluding hydrogens is 1530 g/mol. The van der Waals surface area contributed by atoms with Crippen LogP contribution in [0.5, 0.6) is 0 Å². The molecular formula is C117H81N9. The van der Waals surface area contributed by atoms with Crippen molar-refractivity contribution in [2.45, 2.75) is 20.8 Å². The summed E-state index contributed by atoms with van der Waals surface area (Å²) in [5, 5.41) is 14.8. The van der Waals surface area contributed by atoms with E-state index in [0.717, 1.165) is 152 Å². The zero-order valence-corrected chi connectivity index (χ0v) is 69.6. The quantitative estimate of drug-likeness (QED) is 0.113. The molecule has 0 amide bonds. The molecule has 0 saturated carbocycles.